The van der Waals surface area contributed by atoms with Gasteiger partial charge in [0.2, 0.25) is 5.91 Å². The summed E-state index contributed by atoms with van der Waals surface area (Å²) in [5.41, 5.74) is 0.197. The number of hydrogen-bond donors (Lipinski definition) is 1. The fourth-order valence-corrected chi connectivity index (χ4v) is 3.75. The lowest BCUT2D eigenvalue weighted by Gasteiger charge is -2.23. The van der Waals surface area contributed by atoms with Gasteiger partial charge in [-0.25, -0.2) is 0 Å². The van der Waals surface area contributed by atoms with Crippen LogP contribution < -0.4 is 14.8 Å². The Balaban J connectivity index is 1.51. The number of halogens is 2. The Morgan fingerprint density at radius 1 is 1.21 bits per heavy atom. The van der Waals surface area contributed by atoms with Gasteiger partial charge in [-0.2, -0.15) is 8.78 Å². The number of carbonyl (C=O) groups is 2. The number of benzene rings is 1. The maximum Gasteiger partial charge on any atom is 0.387 e. The highest BCUT2D eigenvalue weighted by Crippen LogP contribution is 2.29. The highest BCUT2D eigenvalue weighted by molar-refractivity contribution is 5.97. The van der Waals surface area contributed by atoms with E-state index in [4.69, 9.17) is 4.74 Å². The van der Waals surface area contributed by atoms with Gasteiger partial charge in [0.25, 0.3) is 5.91 Å². The van der Waals surface area contributed by atoms with Crippen molar-refractivity contribution in [1.29, 1.82) is 0 Å². The zero-order chi connectivity index (χ0) is 20.1. The molecule has 28 heavy (non-hydrogen) atoms. The van der Waals surface area contributed by atoms with Crippen molar-refractivity contribution in [3.63, 3.8) is 0 Å². The molecule has 2 fully saturated rings. The van der Waals surface area contributed by atoms with E-state index >= 15 is 0 Å². The van der Waals surface area contributed by atoms with Gasteiger partial charge in [0, 0.05) is 24.7 Å². The van der Waals surface area contributed by atoms with Crippen LogP contribution in [0.1, 0.15) is 29.6 Å². The van der Waals surface area contributed by atoms with Gasteiger partial charge in [-0.1, -0.05) is 0 Å². The first kappa shape index (κ1) is 20.3. The molecule has 0 spiro atoms. The Morgan fingerprint density at radius 2 is 1.96 bits per heavy atom. The molecule has 0 aliphatic carbocycles. The summed E-state index contributed by atoms with van der Waals surface area (Å²) >= 11 is 0. The third kappa shape index (κ3) is 4.89. The topological polar surface area (TPSA) is 71.1 Å². The maximum absolute atomic E-state index is 12.4. The summed E-state index contributed by atoms with van der Waals surface area (Å²) in [5, 5.41) is 2.58. The molecule has 154 valence electrons. The maximum atomic E-state index is 12.4. The summed E-state index contributed by atoms with van der Waals surface area (Å²) < 4.78 is 34.1. The Bertz CT molecular complexity index is 710. The van der Waals surface area contributed by atoms with Crippen molar-refractivity contribution in [2.75, 3.05) is 39.8 Å². The second-order valence-corrected chi connectivity index (χ2v) is 6.95. The quantitative estimate of drug-likeness (QED) is 0.759. The smallest absolute Gasteiger partial charge is 0.387 e. The molecule has 0 saturated carbocycles. The lowest BCUT2D eigenvalue weighted by atomic mass is 10.2. The third-order valence-electron chi connectivity index (χ3n) is 5.22. The van der Waals surface area contributed by atoms with Gasteiger partial charge < -0.3 is 19.7 Å². The van der Waals surface area contributed by atoms with Crippen LogP contribution in [0.15, 0.2) is 18.2 Å². The highest BCUT2D eigenvalue weighted by atomic mass is 19.3. The molecular weight excluding hydrogens is 372 g/mol. The number of nitrogens with one attached hydrogen (secondary N) is 1. The minimum Gasteiger partial charge on any atom is -0.493 e. The molecule has 0 bridgehead atoms. The molecule has 2 saturated heterocycles. The molecule has 7 nitrogen and oxygen atoms in total. The van der Waals surface area contributed by atoms with Crippen molar-refractivity contribution in [3.8, 4) is 11.5 Å². The van der Waals surface area contributed by atoms with Crippen molar-refractivity contribution in [1.82, 2.24) is 15.1 Å². The van der Waals surface area contributed by atoms with Gasteiger partial charge in [-0.15, -0.1) is 0 Å². The molecule has 2 aliphatic rings. The van der Waals surface area contributed by atoms with Crippen LogP contribution in [-0.4, -0.2) is 74.1 Å². The summed E-state index contributed by atoms with van der Waals surface area (Å²) in [6.07, 6.45) is 3.39. The number of amides is 2. The van der Waals surface area contributed by atoms with Crippen molar-refractivity contribution in [2.24, 2.45) is 0 Å². The van der Waals surface area contributed by atoms with Crippen LogP contribution in [0.3, 0.4) is 0 Å². The first-order valence-corrected chi connectivity index (χ1v) is 9.41. The average molecular weight is 397 g/mol. The van der Waals surface area contributed by atoms with Gasteiger partial charge in [0.05, 0.1) is 13.7 Å². The van der Waals surface area contributed by atoms with Crippen molar-refractivity contribution in [3.05, 3.63) is 23.8 Å². The number of ether oxygens (including phenoxy) is 2. The number of nitrogens with zero attached hydrogens (tertiary/aromatic N) is 2. The van der Waals surface area contributed by atoms with Crippen LogP contribution in [0, 0.1) is 0 Å². The first-order chi connectivity index (χ1) is 13.5. The zero-order valence-electron chi connectivity index (χ0n) is 15.8. The Morgan fingerprint density at radius 3 is 2.64 bits per heavy atom. The molecule has 1 aromatic rings. The molecular formula is C19H25F2N3O4. The molecule has 0 aromatic heterocycles. The minimum absolute atomic E-state index is 0.0206. The standard InChI is InChI=1S/C19H25F2N3O4/c1-27-16-10-13(4-5-15(16)28-19(20)21)18(26)22-11-17(25)24-9-6-14(12-24)23-7-2-3-8-23/h4-5,10,14,19H,2-3,6-9,11-12H2,1H3,(H,22,26). The summed E-state index contributed by atoms with van der Waals surface area (Å²) in [6.45, 7) is 0.484. The van der Waals surface area contributed by atoms with Gasteiger partial charge >= 0.3 is 6.61 Å². The van der Waals surface area contributed by atoms with E-state index in [1.54, 1.807) is 4.90 Å². The monoisotopic (exact) mass is 397 g/mol. The van der Waals surface area contributed by atoms with Crippen LogP contribution in [-0.2, 0) is 4.79 Å². The van der Waals surface area contributed by atoms with Crippen LogP contribution in [0.4, 0.5) is 8.78 Å². The lowest BCUT2D eigenvalue weighted by Crippen LogP contribution is -2.41. The lowest BCUT2D eigenvalue weighted by molar-refractivity contribution is -0.129. The van der Waals surface area contributed by atoms with E-state index in [-0.39, 0.29) is 29.5 Å². The number of likely N-dealkylation sites (tertiary alicyclic amines) is 2. The summed E-state index contributed by atoms with van der Waals surface area (Å²) in [4.78, 5) is 28.9. The molecule has 0 radical (unpaired) electrons. The summed E-state index contributed by atoms with van der Waals surface area (Å²) in [5.74, 6) is -0.743. The Hall–Kier alpha value is -2.42. The number of rotatable bonds is 7. The van der Waals surface area contributed by atoms with Crippen LogP contribution in [0.2, 0.25) is 0 Å². The number of hydrogen-bond acceptors (Lipinski definition) is 5. The highest BCUT2D eigenvalue weighted by Gasteiger charge is 2.31. The number of methoxy groups -OCH3 is 1. The summed E-state index contributed by atoms with van der Waals surface area (Å²) in [7, 11) is 1.29. The Kier molecular flexibility index (Phi) is 6.66. The molecule has 3 rings (SSSR count). The second-order valence-electron chi connectivity index (χ2n) is 6.95. The van der Waals surface area contributed by atoms with Gasteiger partial charge in [0.1, 0.15) is 0 Å². The summed E-state index contributed by atoms with van der Waals surface area (Å²) in [6, 6.07) is 4.30. The SMILES string of the molecule is COc1cc(C(=O)NCC(=O)N2CCC(N3CCCC3)C2)ccc1OC(F)F. The normalized spacial score (nSPS) is 19.9. The molecule has 2 heterocycles. The number of alkyl halides is 2. The van der Waals surface area contributed by atoms with E-state index < -0.39 is 12.5 Å². The van der Waals surface area contributed by atoms with Gasteiger partial charge in [-0.05, 0) is 50.6 Å². The number of carbonyl (C=O) groups excluding carboxylic acids is 2. The van der Waals surface area contributed by atoms with Crippen molar-refractivity contribution in [2.45, 2.75) is 31.9 Å². The van der Waals surface area contributed by atoms with Crippen LogP contribution >= 0.6 is 0 Å². The first-order valence-electron chi connectivity index (χ1n) is 9.41. The fraction of sp³-hybridized carbons (Fsp3) is 0.579. The van der Waals surface area contributed by atoms with E-state index in [0.29, 0.717) is 19.1 Å². The second kappa shape index (κ2) is 9.18. The Labute approximate surface area is 162 Å². The average Bonchev–Trinajstić information content (AvgIpc) is 3.37. The van der Waals surface area contributed by atoms with E-state index in [1.807, 2.05) is 0 Å². The van der Waals surface area contributed by atoms with Crippen molar-refractivity contribution < 1.29 is 27.8 Å². The molecule has 1 unspecified atom stereocenters. The van der Waals surface area contributed by atoms with E-state index in [0.717, 1.165) is 19.5 Å². The van der Waals surface area contributed by atoms with Gasteiger partial charge in [0.15, 0.2) is 11.5 Å². The largest absolute Gasteiger partial charge is 0.493 e. The van der Waals surface area contributed by atoms with E-state index in [9.17, 15) is 18.4 Å². The van der Waals surface area contributed by atoms with E-state index in [1.165, 1.54) is 38.2 Å². The molecule has 1 N–H and O–H groups in total. The molecule has 2 aliphatic heterocycles. The molecule has 1 aromatic carbocycles. The minimum atomic E-state index is -2.99. The molecule has 2 amide bonds. The van der Waals surface area contributed by atoms with E-state index in [2.05, 4.69) is 15.0 Å². The predicted octanol–water partition coefficient (Wildman–Crippen LogP) is 1.72. The molecule has 9 heteroatoms. The predicted molar refractivity (Wildman–Crippen MR) is 97.8 cm³/mol. The zero-order valence-corrected chi connectivity index (χ0v) is 15.8. The van der Waals surface area contributed by atoms with Gasteiger partial charge in [-0.3, -0.25) is 14.5 Å². The van der Waals surface area contributed by atoms with Crippen LogP contribution in [0.25, 0.3) is 0 Å². The van der Waals surface area contributed by atoms with Crippen molar-refractivity contribution >= 4 is 11.8 Å². The van der Waals surface area contributed by atoms with Crippen LogP contribution in [0.5, 0.6) is 11.5 Å². The molecule has 1 atom stereocenters. The fourth-order valence-electron chi connectivity index (χ4n) is 3.75. The third-order valence-corrected chi connectivity index (χ3v) is 5.22.